The highest BCUT2D eigenvalue weighted by Crippen LogP contribution is 2.07. The lowest BCUT2D eigenvalue weighted by atomic mass is 10.2. The van der Waals surface area contributed by atoms with E-state index in [4.69, 9.17) is 10.5 Å². The van der Waals surface area contributed by atoms with Crippen LogP contribution < -0.4 is 11.1 Å². The molecule has 3 N–H and O–H groups in total. The van der Waals surface area contributed by atoms with E-state index < -0.39 is 0 Å². The third kappa shape index (κ3) is 1.64. The van der Waals surface area contributed by atoms with Crippen molar-refractivity contribution in [2.45, 2.75) is 18.6 Å². The molecule has 0 radical (unpaired) electrons. The zero-order valence-corrected chi connectivity index (χ0v) is 5.76. The summed E-state index contributed by atoms with van der Waals surface area (Å²) in [5, 5.41) is 3.26. The molecule has 3 heteroatoms. The molecule has 0 saturated carbocycles. The van der Waals surface area contributed by atoms with Crippen LogP contribution in [-0.2, 0) is 4.74 Å². The standard InChI is InChI=1S/C6H14N2O/c1-9-6-2-5(3-7)8-4-6/h5-6,8H,2-4,7H2,1H3/t5-,6-/m0/s1. The van der Waals surface area contributed by atoms with Gasteiger partial charge in [0.05, 0.1) is 6.10 Å². The minimum atomic E-state index is 0.388. The van der Waals surface area contributed by atoms with Crippen LogP contribution in [0.3, 0.4) is 0 Å². The third-order valence-electron chi connectivity index (χ3n) is 1.80. The fourth-order valence-corrected chi connectivity index (χ4v) is 1.14. The number of nitrogens with one attached hydrogen (secondary N) is 1. The molecule has 1 rings (SSSR count). The molecule has 1 fully saturated rings. The van der Waals surface area contributed by atoms with Gasteiger partial charge in [-0.05, 0) is 6.42 Å². The number of methoxy groups -OCH3 is 1. The zero-order chi connectivity index (χ0) is 6.69. The van der Waals surface area contributed by atoms with E-state index in [1.807, 2.05) is 0 Å². The summed E-state index contributed by atoms with van der Waals surface area (Å²) in [6, 6.07) is 0.481. The lowest BCUT2D eigenvalue weighted by Crippen LogP contribution is -2.29. The predicted octanol–water partition coefficient (Wildman–Crippen LogP) is -0.678. The summed E-state index contributed by atoms with van der Waals surface area (Å²) < 4.78 is 5.13. The molecule has 2 atom stereocenters. The lowest BCUT2D eigenvalue weighted by molar-refractivity contribution is 0.117. The lowest BCUT2D eigenvalue weighted by Gasteiger charge is -2.04. The Labute approximate surface area is 55.6 Å². The van der Waals surface area contributed by atoms with E-state index in [-0.39, 0.29) is 0 Å². The van der Waals surface area contributed by atoms with Gasteiger partial charge in [-0.1, -0.05) is 0 Å². The number of rotatable bonds is 2. The molecule has 0 aromatic rings. The molecule has 1 saturated heterocycles. The van der Waals surface area contributed by atoms with Gasteiger partial charge in [0.15, 0.2) is 0 Å². The largest absolute Gasteiger partial charge is 0.380 e. The quantitative estimate of drug-likeness (QED) is 0.521. The average molecular weight is 130 g/mol. The van der Waals surface area contributed by atoms with Crippen LogP contribution in [0.5, 0.6) is 0 Å². The van der Waals surface area contributed by atoms with Crippen molar-refractivity contribution in [3.05, 3.63) is 0 Å². The van der Waals surface area contributed by atoms with Crippen LogP contribution in [0.15, 0.2) is 0 Å². The van der Waals surface area contributed by atoms with E-state index in [2.05, 4.69) is 5.32 Å². The molecule has 0 bridgehead atoms. The topological polar surface area (TPSA) is 47.3 Å². The van der Waals surface area contributed by atoms with E-state index in [9.17, 15) is 0 Å². The van der Waals surface area contributed by atoms with Crippen LogP contribution in [-0.4, -0.2) is 32.3 Å². The van der Waals surface area contributed by atoms with Crippen molar-refractivity contribution in [1.29, 1.82) is 0 Å². The number of ether oxygens (including phenoxy) is 1. The van der Waals surface area contributed by atoms with Crippen molar-refractivity contribution in [1.82, 2.24) is 5.32 Å². The maximum Gasteiger partial charge on any atom is 0.0711 e. The normalized spacial score (nSPS) is 35.3. The van der Waals surface area contributed by atoms with E-state index in [1.54, 1.807) is 7.11 Å². The highest BCUT2D eigenvalue weighted by atomic mass is 16.5. The molecule has 0 unspecified atom stereocenters. The summed E-state index contributed by atoms with van der Waals surface area (Å²) in [7, 11) is 1.74. The van der Waals surface area contributed by atoms with Crippen LogP contribution in [0.2, 0.25) is 0 Å². The minimum absolute atomic E-state index is 0.388. The highest BCUT2D eigenvalue weighted by molar-refractivity contribution is 4.82. The fraction of sp³-hybridized carbons (Fsp3) is 1.00. The van der Waals surface area contributed by atoms with Gasteiger partial charge in [0.25, 0.3) is 0 Å². The monoisotopic (exact) mass is 130 g/mol. The molecule has 9 heavy (non-hydrogen) atoms. The SMILES string of the molecule is CO[C@@H]1CN[C@H](CN)C1. The molecule has 0 aromatic heterocycles. The maximum absolute atomic E-state index is 5.43. The molecule has 3 nitrogen and oxygen atoms in total. The smallest absolute Gasteiger partial charge is 0.0711 e. The van der Waals surface area contributed by atoms with Crippen LogP contribution in [0.4, 0.5) is 0 Å². The molecule has 1 aliphatic heterocycles. The summed E-state index contributed by atoms with van der Waals surface area (Å²) in [4.78, 5) is 0. The molecule has 1 aliphatic rings. The molecule has 0 spiro atoms. The second-order valence-corrected chi connectivity index (χ2v) is 2.43. The Kier molecular flexibility index (Phi) is 2.45. The summed E-state index contributed by atoms with van der Waals surface area (Å²) in [6.07, 6.45) is 1.45. The molecular formula is C6H14N2O. The first-order valence-electron chi connectivity index (χ1n) is 3.33. The summed E-state index contributed by atoms with van der Waals surface area (Å²) >= 11 is 0. The van der Waals surface area contributed by atoms with Gasteiger partial charge in [-0.15, -0.1) is 0 Å². The second kappa shape index (κ2) is 3.15. The van der Waals surface area contributed by atoms with E-state index in [1.165, 1.54) is 0 Å². The Balaban J connectivity index is 2.20. The summed E-state index contributed by atoms with van der Waals surface area (Å²) in [5.74, 6) is 0. The Morgan fingerprint density at radius 2 is 2.56 bits per heavy atom. The van der Waals surface area contributed by atoms with Crippen LogP contribution in [0.1, 0.15) is 6.42 Å². The van der Waals surface area contributed by atoms with Crippen LogP contribution >= 0.6 is 0 Å². The fourth-order valence-electron chi connectivity index (χ4n) is 1.14. The third-order valence-corrected chi connectivity index (χ3v) is 1.80. The molecule has 54 valence electrons. The van der Waals surface area contributed by atoms with E-state index in [0.29, 0.717) is 12.1 Å². The first-order valence-corrected chi connectivity index (χ1v) is 3.33. The van der Waals surface area contributed by atoms with Crippen molar-refractivity contribution in [2.75, 3.05) is 20.2 Å². The van der Waals surface area contributed by atoms with E-state index >= 15 is 0 Å². The highest BCUT2D eigenvalue weighted by Gasteiger charge is 2.21. The Morgan fingerprint density at radius 3 is 2.89 bits per heavy atom. The zero-order valence-electron chi connectivity index (χ0n) is 5.76. The van der Waals surface area contributed by atoms with Gasteiger partial charge in [0.2, 0.25) is 0 Å². The number of hydrogen-bond acceptors (Lipinski definition) is 3. The van der Waals surface area contributed by atoms with Gasteiger partial charge < -0.3 is 15.8 Å². The Hall–Kier alpha value is -0.120. The van der Waals surface area contributed by atoms with Crippen molar-refractivity contribution < 1.29 is 4.74 Å². The number of hydrogen-bond donors (Lipinski definition) is 2. The molecule has 0 aliphatic carbocycles. The molecular weight excluding hydrogens is 116 g/mol. The Morgan fingerprint density at radius 1 is 1.78 bits per heavy atom. The molecule has 1 heterocycles. The average Bonchev–Trinajstić information content (AvgIpc) is 2.34. The van der Waals surface area contributed by atoms with Crippen molar-refractivity contribution in [3.63, 3.8) is 0 Å². The Bertz CT molecular complexity index is 77.1. The predicted molar refractivity (Wildman–Crippen MR) is 36.3 cm³/mol. The van der Waals surface area contributed by atoms with Gasteiger partial charge in [0.1, 0.15) is 0 Å². The van der Waals surface area contributed by atoms with E-state index in [0.717, 1.165) is 19.5 Å². The summed E-state index contributed by atoms with van der Waals surface area (Å²) in [5.41, 5.74) is 5.43. The van der Waals surface area contributed by atoms with Gasteiger partial charge in [-0.25, -0.2) is 0 Å². The van der Waals surface area contributed by atoms with Gasteiger partial charge in [0, 0.05) is 26.2 Å². The van der Waals surface area contributed by atoms with Crippen molar-refractivity contribution >= 4 is 0 Å². The number of nitrogens with two attached hydrogens (primary N) is 1. The minimum Gasteiger partial charge on any atom is -0.380 e. The first kappa shape index (κ1) is 6.99. The van der Waals surface area contributed by atoms with Gasteiger partial charge >= 0.3 is 0 Å². The van der Waals surface area contributed by atoms with Crippen LogP contribution in [0, 0.1) is 0 Å². The second-order valence-electron chi connectivity index (χ2n) is 2.43. The first-order chi connectivity index (χ1) is 4.36. The van der Waals surface area contributed by atoms with Crippen molar-refractivity contribution in [2.24, 2.45) is 5.73 Å². The molecule has 0 aromatic carbocycles. The van der Waals surface area contributed by atoms with Crippen LogP contribution in [0.25, 0.3) is 0 Å². The maximum atomic E-state index is 5.43. The summed E-state index contributed by atoms with van der Waals surface area (Å²) in [6.45, 7) is 1.68. The van der Waals surface area contributed by atoms with Gasteiger partial charge in [-0.3, -0.25) is 0 Å². The van der Waals surface area contributed by atoms with Crippen molar-refractivity contribution in [3.8, 4) is 0 Å². The molecule has 0 amide bonds. The van der Waals surface area contributed by atoms with Gasteiger partial charge in [-0.2, -0.15) is 0 Å².